The van der Waals surface area contributed by atoms with Crippen LogP contribution in [-0.4, -0.2) is 70.2 Å². The van der Waals surface area contributed by atoms with E-state index in [0.717, 1.165) is 23.3 Å². The number of rotatable bonds is 6. The number of esters is 1. The molecule has 2 heterocycles. The molecule has 1 saturated heterocycles. The summed E-state index contributed by atoms with van der Waals surface area (Å²) in [5.41, 5.74) is -0.380. The molecule has 6 rings (SSSR count). The first-order valence-electron chi connectivity index (χ1n) is 15.4. The van der Waals surface area contributed by atoms with E-state index in [9.17, 15) is 27.9 Å². The zero-order chi connectivity index (χ0) is 32.3. The highest BCUT2D eigenvalue weighted by Crippen LogP contribution is 2.67. The van der Waals surface area contributed by atoms with Crippen LogP contribution >= 0.6 is 0 Å². The summed E-state index contributed by atoms with van der Waals surface area (Å²) in [7, 11) is 0. The highest BCUT2D eigenvalue weighted by atomic mass is 19.4. The average molecular weight is 623 g/mol. The van der Waals surface area contributed by atoms with E-state index in [1.807, 2.05) is 26.0 Å². The van der Waals surface area contributed by atoms with E-state index in [0.29, 0.717) is 56.6 Å². The monoisotopic (exact) mass is 622 g/mol. The zero-order valence-electron chi connectivity index (χ0n) is 25.6. The van der Waals surface area contributed by atoms with Crippen molar-refractivity contribution in [3.8, 4) is 23.3 Å². The first-order valence-corrected chi connectivity index (χ1v) is 15.4. The van der Waals surface area contributed by atoms with Gasteiger partial charge in [0.25, 0.3) is 5.91 Å². The number of nitrogens with zero attached hydrogens (tertiary/aromatic N) is 2. The lowest BCUT2D eigenvalue weighted by Crippen LogP contribution is -2.79. The van der Waals surface area contributed by atoms with Crippen LogP contribution in [0, 0.1) is 17.8 Å². The minimum atomic E-state index is -4.47. The third-order valence-corrected chi connectivity index (χ3v) is 9.94. The number of amides is 1. The predicted octanol–water partition coefficient (Wildman–Crippen LogP) is 5.23. The first kappa shape index (κ1) is 31.0. The number of carbonyl (C=O) groups is 2. The molecule has 2 bridgehead atoms. The van der Waals surface area contributed by atoms with E-state index in [1.54, 1.807) is 11.0 Å². The van der Waals surface area contributed by atoms with Gasteiger partial charge in [-0.15, -0.1) is 6.58 Å². The SMILES string of the molecule is C=CCN1CC[C@]23c4c5ccc(O)c4O[C@H]2[C@@H](N(CC(C)C)C(=O)C#Cc2ccc(C(F)(F)F)cc2)CC[C@@]3(OC(C)=O)[C@H]1C5. The molecule has 2 aliphatic heterocycles. The van der Waals surface area contributed by atoms with Crippen LogP contribution < -0.4 is 4.74 Å². The van der Waals surface area contributed by atoms with Crippen molar-refractivity contribution in [3.05, 3.63) is 71.3 Å². The number of likely N-dealkylation sites (tertiary alicyclic amines) is 1. The van der Waals surface area contributed by atoms with Crippen molar-refractivity contribution < 1.29 is 37.3 Å². The van der Waals surface area contributed by atoms with E-state index in [2.05, 4.69) is 23.3 Å². The molecule has 4 aliphatic rings. The van der Waals surface area contributed by atoms with Crippen LogP contribution in [0.1, 0.15) is 62.3 Å². The highest BCUT2D eigenvalue weighted by Gasteiger charge is 2.75. The van der Waals surface area contributed by atoms with Gasteiger partial charge in [-0.2, -0.15) is 13.2 Å². The van der Waals surface area contributed by atoms with Gasteiger partial charge in [0, 0.05) is 43.6 Å². The van der Waals surface area contributed by atoms with Gasteiger partial charge in [0.15, 0.2) is 11.5 Å². The lowest BCUT2D eigenvalue weighted by molar-refractivity contribution is -0.223. The summed E-state index contributed by atoms with van der Waals surface area (Å²) in [6.45, 7) is 11.0. The van der Waals surface area contributed by atoms with Crippen LogP contribution in [0.5, 0.6) is 11.5 Å². The molecule has 7 nitrogen and oxygen atoms in total. The molecular weight excluding hydrogens is 585 g/mol. The maximum Gasteiger partial charge on any atom is 0.416 e. The minimum absolute atomic E-state index is 0.00352. The predicted molar refractivity (Wildman–Crippen MR) is 160 cm³/mol. The van der Waals surface area contributed by atoms with Crippen molar-refractivity contribution in [1.82, 2.24) is 9.80 Å². The van der Waals surface area contributed by atoms with Gasteiger partial charge in [-0.05, 0) is 67.5 Å². The van der Waals surface area contributed by atoms with Gasteiger partial charge in [0.2, 0.25) is 0 Å². The molecule has 2 aromatic rings. The minimum Gasteiger partial charge on any atom is -0.504 e. The van der Waals surface area contributed by atoms with E-state index in [-0.39, 0.29) is 17.7 Å². The Hall–Kier alpha value is -3.97. The number of ether oxygens (including phenoxy) is 2. The molecular formula is C35H37F3N2O5. The van der Waals surface area contributed by atoms with Gasteiger partial charge >= 0.3 is 12.1 Å². The standard InChI is InChI=1S/C35H37F3N2O5/c1-5-17-39-18-16-33-30-24-9-12-27(42)31(30)44-32(33)26(14-15-34(33,28(39)19-24)45-22(4)41)40(20-21(2)3)29(43)13-8-23-6-10-25(11-7-23)35(36,37)38/h5-7,9-12,21,26,28,32,42H,1,14-20H2,2-4H3/t26-,28+,32-,33-,34+/m0/s1. The van der Waals surface area contributed by atoms with Crippen molar-refractivity contribution in [2.45, 2.75) is 81.8 Å². The number of hydrogen-bond acceptors (Lipinski definition) is 6. The Labute approximate surface area is 261 Å². The number of phenolic OH excluding ortho intramolecular Hbond substituents is 1. The molecule has 2 fully saturated rings. The molecule has 1 saturated carbocycles. The first-order chi connectivity index (χ1) is 21.3. The topological polar surface area (TPSA) is 79.3 Å². The fourth-order valence-corrected chi connectivity index (χ4v) is 8.45. The Morgan fingerprint density at radius 2 is 1.96 bits per heavy atom. The van der Waals surface area contributed by atoms with Gasteiger partial charge in [0.05, 0.1) is 23.1 Å². The number of hydrogen-bond donors (Lipinski definition) is 1. The van der Waals surface area contributed by atoms with Crippen LogP contribution in [0.15, 0.2) is 49.1 Å². The van der Waals surface area contributed by atoms with Gasteiger partial charge in [-0.1, -0.05) is 31.9 Å². The van der Waals surface area contributed by atoms with Gasteiger partial charge < -0.3 is 19.5 Å². The largest absolute Gasteiger partial charge is 0.504 e. The summed E-state index contributed by atoms with van der Waals surface area (Å²) in [5, 5.41) is 11.0. The molecule has 0 radical (unpaired) electrons. The molecule has 0 aromatic heterocycles. The van der Waals surface area contributed by atoms with Gasteiger partial charge in [-0.25, -0.2) is 0 Å². The fraction of sp³-hybridized carbons (Fsp3) is 0.486. The summed E-state index contributed by atoms with van der Waals surface area (Å²) in [6, 6.07) is 7.33. The second kappa shape index (κ2) is 11.1. The number of carbonyl (C=O) groups excluding carboxylic acids is 2. The number of piperidine rings is 1. The number of phenols is 1. The summed E-state index contributed by atoms with van der Waals surface area (Å²) in [5.74, 6) is 5.01. The van der Waals surface area contributed by atoms with Crippen LogP contribution in [0.4, 0.5) is 13.2 Å². The molecule has 5 atom stereocenters. The maximum atomic E-state index is 13.9. The van der Waals surface area contributed by atoms with Gasteiger partial charge in [-0.3, -0.25) is 14.5 Å². The van der Waals surface area contributed by atoms with Crippen molar-refractivity contribution in [2.75, 3.05) is 19.6 Å². The quantitative estimate of drug-likeness (QED) is 0.270. The highest BCUT2D eigenvalue weighted by molar-refractivity contribution is 5.94. The van der Waals surface area contributed by atoms with Crippen LogP contribution in [0.3, 0.4) is 0 Å². The van der Waals surface area contributed by atoms with E-state index in [4.69, 9.17) is 9.47 Å². The lowest BCUT2D eigenvalue weighted by atomic mass is 9.48. The second-order valence-electron chi connectivity index (χ2n) is 13.0. The third-order valence-electron chi connectivity index (χ3n) is 9.94. The van der Waals surface area contributed by atoms with Crippen LogP contribution in [-0.2, 0) is 32.3 Å². The summed E-state index contributed by atoms with van der Waals surface area (Å²) in [6.07, 6.45) is -1.12. The molecule has 1 N–H and O–H groups in total. The fourth-order valence-electron chi connectivity index (χ4n) is 8.45. The van der Waals surface area contributed by atoms with E-state index >= 15 is 0 Å². The van der Waals surface area contributed by atoms with Crippen molar-refractivity contribution in [2.24, 2.45) is 5.92 Å². The normalized spacial score (nSPS) is 27.9. The average Bonchev–Trinajstić information content (AvgIpc) is 3.33. The molecule has 1 amide bonds. The maximum absolute atomic E-state index is 13.9. The van der Waals surface area contributed by atoms with E-state index in [1.165, 1.54) is 19.1 Å². The number of benzene rings is 2. The summed E-state index contributed by atoms with van der Waals surface area (Å²) in [4.78, 5) is 30.7. The molecule has 10 heteroatoms. The third kappa shape index (κ3) is 4.87. The smallest absolute Gasteiger partial charge is 0.416 e. The summed E-state index contributed by atoms with van der Waals surface area (Å²) >= 11 is 0. The van der Waals surface area contributed by atoms with E-state index < -0.39 is 46.8 Å². The summed E-state index contributed by atoms with van der Waals surface area (Å²) < 4.78 is 52.3. The molecule has 2 aliphatic carbocycles. The number of alkyl halides is 3. The van der Waals surface area contributed by atoms with Crippen molar-refractivity contribution in [1.29, 1.82) is 0 Å². The molecule has 1 spiro atoms. The van der Waals surface area contributed by atoms with Crippen molar-refractivity contribution in [3.63, 3.8) is 0 Å². The zero-order valence-corrected chi connectivity index (χ0v) is 25.6. The molecule has 0 unspecified atom stereocenters. The lowest BCUT2D eigenvalue weighted by Gasteiger charge is -2.65. The van der Waals surface area contributed by atoms with Crippen molar-refractivity contribution >= 4 is 11.9 Å². The Kier molecular flexibility index (Phi) is 7.67. The Bertz CT molecular complexity index is 1590. The van der Waals surface area contributed by atoms with Crippen LogP contribution in [0.25, 0.3) is 0 Å². The van der Waals surface area contributed by atoms with Crippen LogP contribution in [0.2, 0.25) is 0 Å². The molecule has 2 aromatic carbocycles. The number of aromatic hydroxyl groups is 1. The molecule has 238 valence electrons. The Morgan fingerprint density at radius 3 is 2.60 bits per heavy atom. The van der Waals surface area contributed by atoms with Gasteiger partial charge in [0.1, 0.15) is 11.7 Å². The second-order valence-corrected chi connectivity index (χ2v) is 13.0. The Balaban J connectivity index is 1.43. The molecule has 45 heavy (non-hydrogen) atoms. The Morgan fingerprint density at radius 1 is 1.22 bits per heavy atom. The number of halogens is 3.